The van der Waals surface area contributed by atoms with Crippen molar-refractivity contribution in [3.63, 3.8) is 0 Å². The average Bonchev–Trinajstić information content (AvgIpc) is 3.58. The number of nitrogens with zero attached hydrogens (tertiary/aromatic N) is 4. The molecule has 206 valence electrons. The highest BCUT2D eigenvalue weighted by Crippen LogP contribution is 2.43. The van der Waals surface area contributed by atoms with Crippen LogP contribution in [0.25, 0.3) is 22.4 Å². The lowest BCUT2D eigenvalue weighted by molar-refractivity contribution is -0.142. The Hall–Kier alpha value is -3.85. The Labute approximate surface area is 237 Å². The number of carbonyl (C=O) groups is 3. The first-order valence-corrected chi connectivity index (χ1v) is 14.9. The van der Waals surface area contributed by atoms with Crippen LogP contribution in [0.1, 0.15) is 44.9 Å². The minimum absolute atomic E-state index is 0.0443. The van der Waals surface area contributed by atoms with E-state index < -0.39 is 11.9 Å². The first-order valence-electron chi connectivity index (χ1n) is 14.0. The Morgan fingerprint density at radius 3 is 2.52 bits per heavy atom. The average molecular weight is 557 g/mol. The van der Waals surface area contributed by atoms with Gasteiger partial charge in [0.15, 0.2) is 5.13 Å². The van der Waals surface area contributed by atoms with E-state index in [9.17, 15) is 19.5 Å². The molecule has 2 atom stereocenters. The van der Waals surface area contributed by atoms with Crippen molar-refractivity contribution < 1.29 is 19.5 Å². The van der Waals surface area contributed by atoms with Crippen molar-refractivity contribution in [3.05, 3.63) is 60.1 Å². The number of rotatable bonds is 7. The van der Waals surface area contributed by atoms with E-state index in [4.69, 9.17) is 4.98 Å². The van der Waals surface area contributed by atoms with Crippen LogP contribution in [0.4, 0.5) is 10.9 Å². The molecule has 1 saturated carbocycles. The summed E-state index contributed by atoms with van der Waals surface area (Å²) in [6, 6.07) is 11.8. The molecule has 0 unspecified atom stereocenters. The molecule has 0 radical (unpaired) electrons. The summed E-state index contributed by atoms with van der Waals surface area (Å²) < 4.78 is 0. The monoisotopic (exact) mass is 556 g/mol. The molecular weight excluding hydrogens is 524 g/mol. The van der Waals surface area contributed by atoms with Gasteiger partial charge in [-0.15, -0.1) is 11.3 Å². The zero-order valence-electron chi connectivity index (χ0n) is 22.2. The standard InChI is InChI=1S/C31H32N4O4S/c36-28-12-6-16-34(28)27-14-13-21(18-32-27)23-9-1-2-11-24(23)26-19-40-31(33-26)35-15-4-3-10-22(20-7-5-8-20)25(30(35)39)17-29(37)38/h1-4,9,11,13-14,18-20,22,25H,5-8,10,12,15-17H2,(H,37,38)/t22-,25-/m0/s1. The molecule has 4 heterocycles. The van der Waals surface area contributed by atoms with Crippen LogP contribution in [-0.4, -0.2) is 45.9 Å². The number of carboxylic acids is 1. The second kappa shape index (κ2) is 11.3. The maximum Gasteiger partial charge on any atom is 0.304 e. The smallest absolute Gasteiger partial charge is 0.304 e. The van der Waals surface area contributed by atoms with Crippen LogP contribution in [0.15, 0.2) is 60.1 Å². The third kappa shape index (κ3) is 5.18. The number of allylic oxidation sites excluding steroid dienone is 1. The maximum absolute atomic E-state index is 13.8. The number of hydrogen-bond donors (Lipinski definition) is 1. The molecular formula is C31H32N4O4S. The number of aromatic nitrogens is 2. The predicted octanol–water partition coefficient (Wildman–Crippen LogP) is 5.80. The summed E-state index contributed by atoms with van der Waals surface area (Å²) in [5.41, 5.74) is 3.54. The van der Waals surface area contributed by atoms with Gasteiger partial charge < -0.3 is 5.11 Å². The third-order valence-electron chi connectivity index (χ3n) is 8.45. The number of anilines is 2. The SMILES string of the molecule is O=C(O)C[C@@H]1C(=O)N(c2nc(-c3ccccc3-c3ccc(N4CCCC4=O)nc3)cs2)CC=CC[C@H]1C1CCC1. The Morgan fingerprint density at radius 1 is 1.02 bits per heavy atom. The van der Waals surface area contributed by atoms with Crippen molar-refractivity contribution in [2.45, 2.75) is 44.9 Å². The van der Waals surface area contributed by atoms with E-state index in [1.807, 2.05) is 47.9 Å². The highest BCUT2D eigenvalue weighted by atomic mass is 32.1. The van der Waals surface area contributed by atoms with E-state index in [1.54, 1.807) is 16.0 Å². The van der Waals surface area contributed by atoms with Crippen molar-refractivity contribution in [1.29, 1.82) is 0 Å². The number of thiazole rings is 1. The van der Waals surface area contributed by atoms with Gasteiger partial charge in [0.1, 0.15) is 5.82 Å². The minimum atomic E-state index is -0.936. The molecule has 2 amide bonds. The van der Waals surface area contributed by atoms with Gasteiger partial charge in [0.2, 0.25) is 11.8 Å². The number of carbonyl (C=O) groups excluding carboxylic acids is 2. The molecule has 1 aliphatic carbocycles. The van der Waals surface area contributed by atoms with Crippen LogP contribution in [0.2, 0.25) is 0 Å². The molecule has 6 rings (SSSR count). The summed E-state index contributed by atoms with van der Waals surface area (Å²) in [6.45, 7) is 1.07. The van der Waals surface area contributed by atoms with E-state index in [0.717, 1.165) is 54.5 Å². The maximum atomic E-state index is 13.8. The molecule has 0 spiro atoms. The topological polar surface area (TPSA) is 104 Å². The molecule has 1 N–H and O–H groups in total. The number of amides is 2. The zero-order chi connectivity index (χ0) is 27.6. The fourth-order valence-corrected chi connectivity index (χ4v) is 6.96. The van der Waals surface area contributed by atoms with Crippen LogP contribution in [0, 0.1) is 17.8 Å². The summed E-state index contributed by atoms with van der Waals surface area (Å²) in [5, 5.41) is 12.2. The molecule has 0 bridgehead atoms. The highest BCUT2D eigenvalue weighted by Gasteiger charge is 2.40. The Kier molecular flexibility index (Phi) is 7.47. The van der Waals surface area contributed by atoms with E-state index in [1.165, 1.54) is 11.3 Å². The molecule has 3 aromatic rings. The highest BCUT2D eigenvalue weighted by molar-refractivity contribution is 7.14. The zero-order valence-corrected chi connectivity index (χ0v) is 23.1. The molecule has 2 aliphatic heterocycles. The van der Waals surface area contributed by atoms with Gasteiger partial charge in [-0.3, -0.25) is 24.2 Å². The van der Waals surface area contributed by atoms with Crippen LogP contribution in [0.5, 0.6) is 0 Å². The van der Waals surface area contributed by atoms with Gasteiger partial charge in [-0.1, -0.05) is 55.7 Å². The first-order chi connectivity index (χ1) is 19.5. The summed E-state index contributed by atoms with van der Waals surface area (Å²) in [5.74, 6) is -0.417. The summed E-state index contributed by atoms with van der Waals surface area (Å²) in [6.07, 6.45) is 11.2. The number of hydrogen-bond acceptors (Lipinski definition) is 6. The number of pyridine rings is 1. The fourth-order valence-electron chi connectivity index (χ4n) is 6.12. The summed E-state index contributed by atoms with van der Waals surface area (Å²) in [4.78, 5) is 50.6. The summed E-state index contributed by atoms with van der Waals surface area (Å²) in [7, 11) is 0. The number of carboxylic acid groups (broad SMARTS) is 1. The Morgan fingerprint density at radius 2 is 1.85 bits per heavy atom. The van der Waals surface area contributed by atoms with E-state index in [0.29, 0.717) is 36.4 Å². The quantitative estimate of drug-likeness (QED) is 0.369. The lowest BCUT2D eigenvalue weighted by atomic mass is 9.67. The van der Waals surface area contributed by atoms with Gasteiger partial charge in [0.05, 0.1) is 18.0 Å². The van der Waals surface area contributed by atoms with Crippen molar-refractivity contribution in [2.24, 2.45) is 17.8 Å². The molecule has 3 aliphatic rings. The minimum Gasteiger partial charge on any atom is -0.481 e. The van der Waals surface area contributed by atoms with Crippen molar-refractivity contribution in [1.82, 2.24) is 9.97 Å². The van der Waals surface area contributed by atoms with E-state index in [2.05, 4.69) is 11.1 Å². The van der Waals surface area contributed by atoms with Crippen molar-refractivity contribution >= 4 is 40.1 Å². The predicted molar refractivity (Wildman–Crippen MR) is 155 cm³/mol. The lowest BCUT2D eigenvalue weighted by Gasteiger charge is -2.39. The van der Waals surface area contributed by atoms with Gasteiger partial charge in [-0.05, 0) is 42.4 Å². The largest absolute Gasteiger partial charge is 0.481 e. The van der Waals surface area contributed by atoms with Crippen LogP contribution < -0.4 is 9.80 Å². The second-order valence-electron chi connectivity index (χ2n) is 10.8. The molecule has 40 heavy (non-hydrogen) atoms. The second-order valence-corrected chi connectivity index (χ2v) is 11.7. The number of aliphatic carboxylic acids is 1. The van der Waals surface area contributed by atoms with Crippen molar-refractivity contribution in [3.8, 4) is 22.4 Å². The molecule has 1 saturated heterocycles. The van der Waals surface area contributed by atoms with Gasteiger partial charge >= 0.3 is 5.97 Å². The molecule has 9 heteroatoms. The van der Waals surface area contributed by atoms with Crippen LogP contribution in [-0.2, 0) is 14.4 Å². The van der Waals surface area contributed by atoms with E-state index >= 15 is 0 Å². The van der Waals surface area contributed by atoms with Crippen molar-refractivity contribution in [2.75, 3.05) is 22.9 Å². The van der Waals surface area contributed by atoms with Crippen LogP contribution in [0.3, 0.4) is 0 Å². The first kappa shape index (κ1) is 26.4. The Bertz CT molecular complexity index is 1450. The van der Waals surface area contributed by atoms with Gasteiger partial charge in [0, 0.05) is 42.2 Å². The molecule has 8 nitrogen and oxygen atoms in total. The number of benzene rings is 1. The molecule has 1 aromatic carbocycles. The van der Waals surface area contributed by atoms with Gasteiger partial charge in [-0.25, -0.2) is 9.97 Å². The Balaban J connectivity index is 1.28. The summed E-state index contributed by atoms with van der Waals surface area (Å²) >= 11 is 1.40. The van der Waals surface area contributed by atoms with Crippen LogP contribution >= 0.6 is 11.3 Å². The van der Waals surface area contributed by atoms with E-state index in [-0.39, 0.29) is 24.2 Å². The third-order valence-corrected chi connectivity index (χ3v) is 9.31. The molecule has 2 fully saturated rings. The lowest BCUT2D eigenvalue weighted by Crippen LogP contribution is -2.44. The van der Waals surface area contributed by atoms with Gasteiger partial charge in [0.25, 0.3) is 0 Å². The fraction of sp³-hybridized carbons (Fsp3) is 0.387. The van der Waals surface area contributed by atoms with Gasteiger partial charge in [-0.2, -0.15) is 0 Å². The molecule has 2 aromatic heterocycles. The normalized spacial score (nSPS) is 21.8.